The van der Waals surface area contributed by atoms with Gasteiger partial charge < -0.3 is 10.4 Å². The molecular weight excluding hydrogens is 264 g/mol. The highest BCUT2D eigenvalue weighted by atomic mass is 16.6. The molecule has 2 unspecified atom stereocenters. The van der Waals surface area contributed by atoms with Gasteiger partial charge in [-0.25, -0.2) is 4.98 Å². The van der Waals surface area contributed by atoms with Gasteiger partial charge in [-0.15, -0.1) is 0 Å². The van der Waals surface area contributed by atoms with E-state index < -0.39 is 16.8 Å². The summed E-state index contributed by atoms with van der Waals surface area (Å²) in [5.74, 6) is -0.961. The molecule has 104 valence electrons. The van der Waals surface area contributed by atoms with Crippen LogP contribution in [0.4, 0.5) is 11.5 Å². The Morgan fingerprint density at radius 2 is 2.35 bits per heavy atom. The van der Waals surface area contributed by atoms with Crippen LogP contribution >= 0.6 is 0 Å². The third-order valence-corrected chi connectivity index (χ3v) is 3.33. The third kappa shape index (κ3) is 2.83. The molecule has 0 radical (unpaired) electrons. The molecule has 1 aromatic heterocycles. The van der Waals surface area contributed by atoms with Gasteiger partial charge in [0.1, 0.15) is 23.6 Å². The SMILES string of the molecule is N#Cc1cc([N+](=O)[O-])cnc1NC1CCC(C(=O)O)C1. The topological polar surface area (TPSA) is 129 Å². The first-order chi connectivity index (χ1) is 9.51. The van der Waals surface area contributed by atoms with Gasteiger partial charge in [0.25, 0.3) is 5.69 Å². The lowest BCUT2D eigenvalue weighted by atomic mass is 10.1. The number of hydrogen-bond donors (Lipinski definition) is 2. The first kappa shape index (κ1) is 13.7. The minimum Gasteiger partial charge on any atom is -0.481 e. The number of nitriles is 1. The van der Waals surface area contributed by atoms with Crippen LogP contribution in [0, 0.1) is 27.4 Å². The molecule has 1 aromatic rings. The number of pyridine rings is 1. The Morgan fingerprint density at radius 3 is 2.90 bits per heavy atom. The van der Waals surface area contributed by atoms with Crippen molar-refractivity contribution in [2.75, 3.05) is 5.32 Å². The molecule has 2 atom stereocenters. The predicted molar refractivity (Wildman–Crippen MR) is 68.0 cm³/mol. The Morgan fingerprint density at radius 1 is 1.60 bits per heavy atom. The largest absolute Gasteiger partial charge is 0.481 e. The molecule has 8 nitrogen and oxygen atoms in total. The molecule has 20 heavy (non-hydrogen) atoms. The Bertz CT molecular complexity index is 596. The van der Waals surface area contributed by atoms with Crippen LogP contribution in [0.1, 0.15) is 24.8 Å². The summed E-state index contributed by atoms with van der Waals surface area (Å²) in [6, 6.07) is 2.92. The van der Waals surface area contributed by atoms with Crippen molar-refractivity contribution in [2.24, 2.45) is 5.92 Å². The van der Waals surface area contributed by atoms with Crippen molar-refractivity contribution in [1.29, 1.82) is 5.26 Å². The molecule has 0 saturated heterocycles. The quantitative estimate of drug-likeness (QED) is 0.629. The fourth-order valence-corrected chi connectivity index (χ4v) is 2.28. The molecule has 8 heteroatoms. The van der Waals surface area contributed by atoms with Crippen LogP contribution in [-0.4, -0.2) is 27.0 Å². The Balaban J connectivity index is 2.13. The zero-order valence-corrected chi connectivity index (χ0v) is 10.4. The van der Waals surface area contributed by atoms with Crippen LogP contribution in [0.2, 0.25) is 0 Å². The van der Waals surface area contributed by atoms with E-state index in [4.69, 9.17) is 10.4 Å². The van der Waals surface area contributed by atoms with Gasteiger partial charge in [-0.05, 0) is 19.3 Å². The summed E-state index contributed by atoms with van der Waals surface area (Å²) in [6.07, 6.45) is 2.77. The fraction of sp³-hybridized carbons (Fsp3) is 0.417. The van der Waals surface area contributed by atoms with Crippen molar-refractivity contribution in [2.45, 2.75) is 25.3 Å². The van der Waals surface area contributed by atoms with Crippen LogP contribution < -0.4 is 5.32 Å². The van der Waals surface area contributed by atoms with Gasteiger partial charge in [-0.2, -0.15) is 5.26 Å². The molecule has 0 spiro atoms. The molecule has 1 fully saturated rings. The van der Waals surface area contributed by atoms with E-state index in [1.165, 1.54) is 0 Å². The maximum absolute atomic E-state index is 10.9. The zero-order chi connectivity index (χ0) is 14.7. The van der Waals surface area contributed by atoms with Crippen molar-refractivity contribution < 1.29 is 14.8 Å². The zero-order valence-electron chi connectivity index (χ0n) is 10.4. The Kier molecular flexibility index (Phi) is 3.79. The van der Waals surface area contributed by atoms with Crippen LogP contribution in [0.5, 0.6) is 0 Å². The minimum absolute atomic E-state index is 0.0815. The smallest absolute Gasteiger partial charge is 0.306 e. The average Bonchev–Trinajstić information content (AvgIpc) is 2.87. The van der Waals surface area contributed by atoms with Crippen molar-refractivity contribution in [3.63, 3.8) is 0 Å². The van der Waals surface area contributed by atoms with Crippen LogP contribution in [-0.2, 0) is 4.79 Å². The maximum atomic E-state index is 10.9. The number of aliphatic carboxylic acids is 1. The van der Waals surface area contributed by atoms with E-state index in [1.54, 1.807) is 0 Å². The minimum atomic E-state index is -0.827. The lowest BCUT2D eigenvalue weighted by molar-refractivity contribution is -0.385. The first-order valence-electron chi connectivity index (χ1n) is 6.05. The lowest BCUT2D eigenvalue weighted by Crippen LogP contribution is -2.19. The average molecular weight is 276 g/mol. The number of nitrogens with zero attached hydrogens (tertiary/aromatic N) is 3. The van der Waals surface area contributed by atoms with Crippen molar-refractivity contribution in [3.8, 4) is 6.07 Å². The lowest BCUT2D eigenvalue weighted by Gasteiger charge is -2.13. The van der Waals surface area contributed by atoms with E-state index in [-0.39, 0.29) is 23.1 Å². The van der Waals surface area contributed by atoms with Gasteiger partial charge in [0.05, 0.1) is 10.8 Å². The standard InChI is InChI=1S/C12H12N4O4/c13-5-8-4-10(16(19)20)6-14-11(8)15-9-2-1-7(3-9)12(17)18/h4,6-7,9H,1-3H2,(H,14,15)(H,17,18). The molecule has 1 saturated carbocycles. The van der Waals surface area contributed by atoms with E-state index in [2.05, 4.69) is 10.3 Å². The molecule has 0 bridgehead atoms. The normalized spacial score (nSPS) is 21.1. The number of carboxylic acids is 1. The van der Waals surface area contributed by atoms with Crippen molar-refractivity contribution >= 4 is 17.5 Å². The van der Waals surface area contributed by atoms with Gasteiger partial charge in [0, 0.05) is 12.1 Å². The highest BCUT2D eigenvalue weighted by Crippen LogP contribution is 2.29. The number of anilines is 1. The van der Waals surface area contributed by atoms with Crippen LogP contribution in [0.3, 0.4) is 0 Å². The van der Waals surface area contributed by atoms with Gasteiger partial charge in [-0.3, -0.25) is 14.9 Å². The fourth-order valence-electron chi connectivity index (χ4n) is 2.28. The van der Waals surface area contributed by atoms with E-state index >= 15 is 0 Å². The second-order valence-electron chi connectivity index (χ2n) is 4.65. The summed E-state index contributed by atoms with van der Waals surface area (Å²) in [5.41, 5.74) is -0.167. The van der Waals surface area contributed by atoms with Crippen molar-refractivity contribution in [3.05, 3.63) is 27.9 Å². The highest BCUT2D eigenvalue weighted by molar-refractivity contribution is 5.70. The second-order valence-corrected chi connectivity index (χ2v) is 4.65. The number of carbonyl (C=O) groups is 1. The monoisotopic (exact) mass is 276 g/mol. The molecule has 1 aliphatic carbocycles. The number of nitro groups is 1. The van der Waals surface area contributed by atoms with Crippen LogP contribution in [0.15, 0.2) is 12.3 Å². The summed E-state index contributed by atoms with van der Waals surface area (Å²) < 4.78 is 0. The van der Waals surface area contributed by atoms with E-state index in [0.29, 0.717) is 19.3 Å². The first-order valence-corrected chi connectivity index (χ1v) is 6.05. The summed E-state index contributed by atoms with van der Waals surface area (Å²) >= 11 is 0. The van der Waals surface area contributed by atoms with Crippen LogP contribution in [0.25, 0.3) is 0 Å². The number of carboxylic acid groups (broad SMARTS) is 1. The summed E-state index contributed by atoms with van der Waals surface area (Å²) in [4.78, 5) is 24.7. The molecule has 1 aliphatic rings. The van der Waals surface area contributed by atoms with Gasteiger partial charge in [0.2, 0.25) is 0 Å². The molecule has 0 amide bonds. The van der Waals surface area contributed by atoms with Crippen molar-refractivity contribution in [1.82, 2.24) is 4.98 Å². The predicted octanol–water partition coefficient (Wildman–Crippen LogP) is 1.53. The number of aromatic nitrogens is 1. The van der Waals surface area contributed by atoms with E-state index in [9.17, 15) is 14.9 Å². The molecular formula is C12H12N4O4. The molecule has 1 heterocycles. The molecule has 0 aliphatic heterocycles. The van der Waals surface area contributed by atoms with E-state index in [1.807, 2.05) is 6.07 Å². The number of hydrogen-bond acceptors (Lipinski definition) is 6. The number of nitrogens with one attached hydrogen (secondary N) is 1. The summed E-state index contributed by atoms with van der Waals surface area (Å²) in [5, 5.41) is 31.5. The Labute approximate surface area is 114 Å². The van der Waals surface area contributed by atoms with E-state index in [0.717, 1.165) is 12.3 Å². The number of rotatable bonds is 4. The van der Waals surface area contributed by atoms with Gasteiger partial charge in [0.15, 0.2) is 0 Å². The molecule has 2 N–H and O–H groups in total. The Hall–Kier alpha value is -2.69. The molecule has 0 aromatic carbocycles. The highest BCUT2D eigenvalue weighted by Gasteiger charge is 2.30. The third-order valence-electron chi connectivity index (χ3n) is 3.33. The second kappa shape index (κ2) is 5.52. The van der Waals surface area contributed by atoms with Gasteiger partial charge >= 0.3 is 5.97 Å². The maximum Gasteiger partial charge on any atom is 0.306 e. The molecule has 2 rings (SSSR count). The summed E-state index contributed by atoms with van der Waals surface area (Å²) in [7, 11) is 0. The van der Waals surface area contributed by atoms with Gasteiger partial charge in [-0.1, -0.05) is 0 Å². The summed E-state index contributed by atoms with van der Waals surface area (Å²) in [6.45, 7) is 0.